The lowest BCUT2D eigenvalue weighted by atomic mass is 9.95. The zero-order valence-corrected chi connectivity index (χ0v) is 10.1. The van der Waals surface area contributed by atoms with Gasteiger partial charge in [0, 0.05) is 17.1 Å². The average Bonchev–Trinajstić information content (AvgIpc) is 2.25. The zero-order valence-electron chi connectivity index (χ0n) is 10.1. The second kappa shape index (κ2) is 3.55. The number of rotatable bonds is 1. The molecule has 1 aliphatic rings. The molecule has 1 aliphatic heterocycles. The number of hydrogen-bond donors (Lipinski definition) is 0. The van der Waals surface area contributed by atoms with Crippen molar-refractivity contribution in [2.24, 2.45) is 0 Å². The van der Waals surface area contributed by atoms with Gasteiger partial charge in [-0.2, -0.15) is 5.26 Å². The summed E-state index contributed by atoms with van der Waals surface area (Å²) in [6, 6.07) is 2.76. The van der Waals surface area contributed by atoms with Gasteiger partial charge in [-0.25, -0.2) is 0 Å². The molecule has 80 valence electrons. The quantitative estimate of drug-likeness (QED) is 0.641. The molecule has 0 bridgehead atoms. The first-order valence-electron chi connectivity index (χ1n) is 5.45. The van der Waals surface area contributed by atoms with Gasteiger partial charge in [-0.15, -0.1) is 0 Å². The van der Waals surface area contributed by atoms with Crippen molar-refractivity contribution in [3.63, 3.8) is 0 Å². The highest BCUT2D eigenvalue weighted by molar-refractivity contribution is 5.02. The van der Waals surface area contributed by atoms with E-state index in [1.807, 2.05) is 0 Å². The summed E-state index contributed by atoms with van der Waals surface area (Å²) >= 11 is 0. The Labute approximate surface area is 87.9 Å². The van der Waals surface area contributed by atoms with Gasteiger partial charge in [0.15, 0.2) is 0 Å². The zero-order chi connectivity index (χ0) is 11.0. The van der Waals surface area contributed by atoms with Crippen LogP contribution in [-0.2, 0) is 0 Å². The summed E-state index contributed by atoms with van der Waals surface area (Å²) in [5, 5.41) is 8.80. The minimum Gasteiger partial charge on any atom is -0.289 e. The summed E-state index contributed by atoms with van der Waals surface area (Å²) in [6.07, 6.45) is 3.04. The fourth-order valence-electron chi connectivity index (χ4n) is 3.02. The minimum atomic E-state index is 0.168. The van der Waals surface area contributed by atoms with E-state index in [1.54, 1.807) is 0 Å². The van der Waals surface area contributed by atoms with Gasteiger partial charge in [0.25, 0.3) is 0 Å². The molecule has 1 atom stereocenters. The van der Waals surface area contributed by atoms with Gasteiger partial charge in [0.1, 0.15) is 0 Å². The molecule has 2 heteroatoms. The molecule has 0 radical (unpaired) electrons. The SMILES string of the molecule is CC(C)(C)N1C(CC#N)CCC1(C)C. The molecule has 1 heterocycles. The minimum absolute atomic E-state index is 0.168. The van der Waals surface area contributed by atoms with Crippen molar-refractivity contribution in [2.75, 3.05) is 0 Å². The molecular weight excluding hydrogens is 172 g/mol. The summed E-state index contributed by atoms with van der Waals surface area (Å²) in [7, 11) is 0. The van der Waals surface area contributed by atoms with Crippen molar-refractivity contribution in [3.05, 3.63) is 0 Å². The van der Waals surface area contributed by atoms with Crippen molar-refractivity contribution in [2.45, 2.75) is 71.0 Å². The van der Waals surface area contributed by atoms with Crippen LogP contribution in [0.25, 0.3) is 0 Å². The third-order valence-electron chi connectivity index (χ3n) is 3.16. The van der Waals surface area contributed by atoms with E-state index in [0.29, 0.717) is 12.5 Å². The molecule has 0 aromatic carbocycles. The average molecular weight is 194 g/mol. The van der Waals surface area contributed by atoms with Crippen LogP contribution in [0.1, 0.15) is 53.9 Å². The number of nitrogens with zero attached hydrogens (tertiary/aromatic N) is 2. The van der Waals surface area contributed by atoms with Gasteiger partial charge in [-0.05, 0) is 47.5 Å². The molecule has 0 amide bonds. The lowest BCUT2D eigenvalue weighted by Gasteiger charge is -2.45. The second-order valence-corrected chi connectivity index (χ2v) is 5.91. The van der Waals surface area contributed by atoms with Crippen LogP contribution in [0.5, 0.6) is 0 Å². The second-order valence-electron chi connectivity index (χ2n) is 5.91. The number of nitriles is 1. The fourth-order valence-corrected chi connectivity index (χ4v) is 3.02. The van der Waals surface area contributed by atoms with Crippen molar-refractivity contribution in [1.29, 1.82) is 5.26 Å². The van der Waals surface area contributed by atoms with Crippen LogP contribution in [0.3, 0.4) is 0 Å². The Morgan fingerprint density at radius 3 is 2.43 bits per heavy atom. The largest absolute Gasteiger partial charge is 0.289 e. The van der Waals surface area contributed by atoms with E-state index in [2.05, 4.69) is 45.6 Å². The summed E-state index contributed by atoms with van der Waals surface area (Å²) < 4.78 is 0. The molecule has 14 heavy (non-hydrogen) atoms. The molecule has 0 spiro atoms. The van der Waals surface area contributed by atoms with Crippen LogP contribution in [0.4, 0.5) is 0 Å². The molecular formula is C12H22N2. The standard InChI is InChI=1S/C12H22N2/c1-11(2,3)14-10(7-9-13)6-8-12(14,4)5/h10H,6-8H2,1-5H3. The summed E-state index contributed by atoms with van der Waals surface area (Å²) in [4.78, 5) is 2.52. The van der Waals surface area contributed by atoms with Crippen LogP contribution in [0, 0.1) is 11.3 Å². The predicted molar refractivity (Wildman–Crippen MR) is 58.9 cm³/mol. The Hall–Kier alpha value is -0.550. The van der Waals surface area contributed by atoms with E-state index in [4.69, 9.17) is 5.26 Å². The summed E-state index contributed by atoms with van der Waals surface area (Å²) in [5.74, 6) is 0. The highest BCUT2D eigenvalue weighted by Gasteiger charge is 2.44. The Morgan fingerprint density at radius 2 is 2.00 bits per heavy atom. The van der Waals surface area contributed by atoms with Crippen molar-refractivity contribution >= 4 is 0 Å². The van der Waals surface area contributed by atoms with Crippen LogP contribution in [0.15, 0.2) is 0 Å². The molecule has 1 fully saturated rings. The Morgan fingerprint density at radius 1 is 1.43 bits per heavy atom. The van der Waals surface area contributed by atoms with E-state index in [9.17, 15) is 0 Å². The van der Waals surface area contributed by atoms with Crippen molar-refractivity contribution in [3.8, 4) is 6.07 Å². The Balaban J connectivity index is 2.88. The first kappa shape index (κ1) is 11.5. The maximum Gasteiger partial charge on any atom is 0.0638 e. The number of hydrogen-bond acceptors (Lipinski definition) is 2. The van der Waals surface area contributed by atoms with Gasteiger partial charge >= 0.3 is 0 Å². The van der Waals surface area contributed by atoms with Crippen LogP contribution in [-0.4, -0.2) is 22.0 Å². The van der Waals surface area contributed by atoms with E-state index in [-0.39, 0.29) is 11.1 Å². The van der Waals surface area contributed by atoms with Crippen LogP contribution >= 0.6 is 0 Å². The lowest BCUT2D eigenvalue weighted by Crippen LogP contribution is -2.53. The Kier molecular flexibility index (Phi) is 2.92. The van der Waals surface area contributed by atoms with Crippen LogP contribution < -0.4 is 0 Å². The van der Waals surface area contributed by atoms with Crippen LogP contribution in [0.2, 0.25) is 0 Å². The van der Waals surface area contributed by atoms with Gasteiger partial charge in [0.2, 0.25) is 0 Å². The monoisotopic (exact) mass is 194 g/mol. The molecule has 1 rings (SSSR count). The predicted octanol–water partition coefficient (Wildman–Crippen LogP) is 2.94. The fraction of sp³-hybridized carbons (Fsp3) is 0.917. The topological polar surface area (TPSA) is 27.0 Å². The molecule has 1 saturated heterocycles. The van der Waals surface area contributed by atoms with E-state index in [1.165, 1.54) is 6.42 Å². The molecule has 0 aromatic heterocycles. The Bertz CT molecular complexity index is 242. The normalized spacial score (nSPS) is 27.6. The highest BCUT2D eigenvalue weighted by atomic mass is 15.3. The summed E-state index contributed by atoms with van der Waals surface area (Å²) in [5.41, 5.74) is 0.418. The van der Waals surface area contributed by atoms with E-state index < -0.39 is 0 Å². The summed E-state index contributed by atoms with van der Waals surface area (Å²) in [6.45, 7) is 11.3. The van der Waals surface area contributed by atoms with Gasteiger partial charge < -0.3 is 0 Å². The smallest absolute Gasteiger partial charge is 0.0638 e. The molecule has 2 nitrogen and oxygen atoms in total. The van der Waals surface area contributed by atoms with Crippen molar-refractivity contribution < 1.29 is 0 Å². The van der Waals surface area contributed by atoms with Gasteiger partial charge in [-0.1, -0.05) is 0 Å². The highest BCUT2D eigenvalue weighted by Crippen LogP contribution is 2.40. The molecule has 1 unspecified atom stereocenters. The third kappa shape index (κ3) is 2.09. The molecule has 0 N–H and O–H groups in total. The molecule has 0 saturated carbocycles. The third-order valence-corrected chi connectivity index (χ3v) is 3.16. The van der Waals surface area contributed by atoms with Gasteiger partial charge in [-0.3, -0.25) is 4.90 Å². The van der Waals surface area contributed by atoms with Crippen molar-refractivity contribution in [1.82, 2.24) is 4.90 Å². The molecule has 0 aliphatic carbocycles. The lowest BCUT2D eigenvalue weighted by molar-refractivity contribution is 0.0317. The van der Waals surface area contributed by atoms with Gasteiger partial charge in [0.05, 0.1) is 12.5 Å². The van der Waals surface area contributed by atoms with E-state index in [0.717, 1.165) is 6.42 Å². The maximum atomic E-state index is 8.80. The maximum absolute atomic E-state index is 8.80. The first-order valence-corrected chi connectivity index (χ1v) is 5.45. The molecule has 0 aromatic rings. The first-order chi connectivity index (χ1) is 6.29. The van der Waals surface area contributed by atoms with E-state index >= 15 is 0 Å². The number of likely N-dealkylation sites (tertiary alicyclic amines) is 1.